The van der Waals surface area contributed by atoms with Crippen LogP contribution in [0.15, 0.2) is 200 Å². The van der Waals surface area contributed by atoms with Crippen LogP contribution in [0.3, 0.4) is 0 Å². The van der Waals surface area contributed by atoms with Crippen molar-refractivity contribution in [3.63, 3.8) is 0 Å². The Hall–Kier alpha value is -7.22. The van der Waals surface area contributed by atoms with Crippen molar-refractivity contribution >= 4 is 17.1 Å². The molecule has 5 aliphatic rings. The maximum atomic E-state index is 2.59. The van der Waals surface area contributed by atoms with E-state index in [4.69, 9.17) is 0 Å². The van der Waals surface area contributed by atoms with Crippen molar-refractivity contribution in [1.29, 1.82) is 0 Å². The van der Waals surface area contributed by atoms with E-state index in [0.717, 1.165) is 17.3 Å². The summed E-state index contributed by atoms with van der Waals surface area (Å²) in [6.45, 7) is 9.52. The van der Waals surface area contributed by atoms with Gasteiger partial charge in [0.05, 0.1) is 0 Å². The second-order valence-corrected chi connectivity index (χ2v) is 21.6. The maximum absolute atomic E-state index is 2.59. The molecule has 0 N–H and O–H groups in total. The molecule has 0 aliphatic heterocycles. The van der Waals surface area contributed by atoms with Crippen LogP contribution in [0.1, 0.15) is 86.8 Å². The summed E-state index contributed by atoms with van der Waals surface area (Å²) in [5, 5.41) is 0. The zero-order valence-electron chi connectivity index (χ0n) is 39.5. The van der Waals surface area contributed by atoms with Gasteiger partial charge in [0, 0.05) is 33.3 Å². The maximum Gasteiger partial charge on any atom is 0.0465 e. The summed E-state index contributed by atoms with van der Waals surface area (Å²) in [7, 11) is 0. The molecule has 2 bridgehead atoms. The lowest BCUT2D eigenvalue weighted by molar-refractivity contribution is 0.327. The zero-order valence-corrected chi connectivity index (χ0v) is 39.5. The van der Waals surface area contributed by atoms with Gasteiger partial charge in [0.2, 0.25) is 0 Å². The Labute approximate surface area is 401 Å². The highest BCUT2D eigenvalue weighted by Gasteiger charge is 2.56. The van der Waals surface area contributed by atoms with Gasteiger partial charge in [0.1, 0.15) is 0 Å². The molecule has 0 saturated heterocycles. The van der Waals surface area contributed by atoms with E-state index in [1.807, 2.05) is 0 Å². The highest BCUT2D eigenvalue weighted by Crippen LogP contribution is 2.66. The van der Waals surface area contributed by atoms with Crippen molar-refractivity contribution < 1.29 is 0 Å². The summed E-state index contributed by atoms with van der Waals surface area (Å²) in [5.74, 6) is 1.52. The molecule has 9 aromatic rings. The second kappa shape index (κ2) is 14.4. The minimum Gasteiger partial charge on any atom is -0.310 e. The lowest BCUT2D eigenvalue weighted by Crippen LogP contribution is -2.32. The van der Waals surface area contributed by atoms with Gasteiger partial charge >= 0.3 is 0 Å². The molecular weight excluding hydrogens is 819 g/mol. The van der Waals surface area contributed by atoms with E-state index in [1.165, 1.54) is 126 Å². The van der Waals surface area contributed by atoms with Crippen LogP contribution in [0.5, 0.6) is 0 Å². The highest BCUT2D eigenvalue weighted by atomic mass is 15.1. The van der Waals surface area contributed by atoms with Crippen LogP contribution >= 0.6 is 0 Å². The van der Waals surface area contributed by atoms with Crippen LogP contribution in [0.4, 0.5) is 17.1 Å². The minimum atomic E-state index is -0.105. The number of hydrogen-bond acceptors (Lipinski definition) is 1. The molecule has 0 radical (unpaired) electrons. The Bertz CT molecular complexity index is 3530. The number of nitrogens with zero attached hydrogens (tertiary/aromatic N) is 1. The standard InChI is InChI=1S/C67H55N/c1-65(2)59-21-10-7-16-52(59)55-36-29-45(39-62(55)65)43-25-31-47(32-26-43)68(49-35-37-56-53-17-9-12-23-61(53)67(63(56)40-49)41-42-24-30-46(67)38-42)48-33-27-44(28-34-48)50-14-5-6-15-51(50)57-19-13-20-58-54-18-8-11-22-60(54)66(3,4)64(57)58/h5-23,25-29,31-37,39-40,42,46H,24,30,38,41H2,1-4H3. The van der Waals surface area contributed by atoms with Crippen LogP contribution in [0.25, 0.3) is 66.8 Å². The van der Waals surface area contributed by atoms with Crippen molar-refractivity contribution in [2.45, 2.75) is 69.6 Å². The highest BCUT2D eigenvalue weighted by molar-refractivity contribution is 5.94. The molecule has 328 valence electrons. The van der Waals surface area contributed by atoms with E-state index in [1.54, 1.807) is 5.56 Å². The van der Waals surface area contributed by atoms with Gasteiger partial charge in [-0.05, 0) is 174 Å². The first-order chi connectivity index (χ1) is 33.2. The van der Waals surface area contributed by atoms with Gasteiger partial charge in [-0.2, -0.15) is 0 Å². The van der Waals surface area contributed by atoms with E-state index in [0.29, 0.717) is 5.92 Å². The fourth-order valence-electron chi connectivity index (χ4n) is 14.5. The predicted octanol–water partition coefficient (Wildman–Crippen LogP) is 17.9. The van der Waals surface area contributed by atoms with Crippen LogP contribution < -0.4 is 4.90 Å². The van der Waals surface area contributed by atoms with E-state index < -0.39 is 0 Å². The number of anilines is 3. The summed E-state index contributed by atoms with van der Waals surface area (Å²) < 4.78 is 0. The predicted molar refractivity (Wildman–Crippen MR) is 284 cm³/mol. The molecule has 1 spiro atoms. The Morgan fingerprint density at radius 3 is 1.50 bits per heavy atom. The van der Waals surface area contributed by atoms with Crippen LogP contribution in [0.2, 0.25) is 0 Å². The lowest BCUT2D eigenvalue weighted by Gasteiger charge is -2.37. The largest absolute Gasteiger partial charge is 0.310 e. The van der Waals surface area contributed by atoms with Gasteiger partial charge in [-0.15, -0.1) is 0 Å². The summed E-state index contributed by atoms with van der Waals surface area (Å²) in [4.78, 5) is 2.51. The molecule has 0 amide bonds. The van der Waals surface area contributed by atoms with E-state index >= 15 is 0 Å². The zero-order chi connectivity index (χ0) is 45.5. The van der Waals surface area contributed by atoms with Crippen molar-refractivity contribution in [2.24, 2.45) is 11.8 Å². The molecular formula is C67H55N. The van der Waals surface area contributed by atoms with E-state index in [-0.39, 0.29) is 16.2 Å². The van der Waals surface area contributed by atoms with Gasteiger partial charge in [-0.3, -0.25) is 0 Å². The fourth-order valence-corrected chi connectivity index (χ4v) is 14.5. The summed E-state index contributed by atoms with van der Waals surface area (Å²) in [6.07, 6.45) is 5.34. The number of benzene rings is 9. The summed E-state index contributed by atoms with van der Waals surface area (Å²) >= 11 is 0. The molecule has 1 nitrogen and oxygen atoms in total. The Kier molecular flexibility index (Phi) is 8.45. The SMILES string of the molecule is CC1(C)c2ccccc2-c2ccc(-c3ccc(N(c4ccc(-c5ccccc5-c5cccc6c5C(C)(C)c5ccccc5-6)cc4)c4ccc5c(c4)C4(CC6CCC4C6)c4ccccc4-5)cc3)cc21. The third-order valence-corrected chi connectivity index (χ3v) is 17.6. The van der Waals surface area contributed by atoms with Crippen LogP contribution in [0, 0.1) is 11.8 Å². The normalized spacial score (nSPS) is 20.1. The number of rotatable bonds is 6. The Morgan fingerprint density at radius 2 is 0.838 bits per heavy atom. The van der Waals surface area contributed by atoms with E-state index in [9.17, 15) is 0 Å². The molecule has 9 aromatic carbocycles. The number of hydrogen-bond donors (Lipinski definition) is 0. The lowest BCUT2D eigenvalue weighted by atomic mass is 9.67. The average Bonchev–Trinajstić information content (AvgIpc) is 4.17. The first-order valence-electron chi connectivity index (χ1n) is 25.0. The monoisotopic (exact) mass is 873 g/mol. The molecule has 5 aliphatic carbocycles. The van der Waals surface area contributed by atoms with Gasteiger partial charge in [-0.25, -0.2) is 0 Å². The molecule has 1 heteroatoms. The molecule has 2 fully saturated rings. The Morgan fingerprint density at radius 1 is 0.353 bits per heavy atom. The topological polar surface area (TPSA) is 3.24 Å². The molecule has 3 unspecified atom stereocenters. The van der Waals surface area contributed by atoms with Crippen molar-refractivity contribution in [3.05, 3.63) is 234 Å². The van der Waals surface area contributed by atoms with E-state index in [2.05, 4.69) is 233 Å². The average molecular weight is 874 g/mol. The van der Waals surface area contributed by atoms with Gasteiger partial charge < -0.3 is 4.90 Å². The molecule has 68 heavy (non-hydrogen) atoms. The Balaban J connectivity index is 0.879. The van der Waals surface area contributed by atoms with Crippen molar-refractivity contribution in [2.75, 3.05) is 4.90 Å². The fraction of sp³-hybridized carbons (Fsp3) is 0.194. The quantitative estimate of drug-likeness (QED) is 0.161. The minimum absolute atomic E-state index is 0.0433. The van der Waals surface area contributed by atoms with Gasteiger partial charge in [0.25, 0.3) is 0 Å². The molecule has 0 aromatic heterocycles. The third-order valence-electron chi connectivity index (χ3n) is 17.6. The van der Waals surface area contributed by atoms with Gasteiger partial charge in [-0.1, -0.05) is 192 Å². The first-order valence-corrected chi connectivity index (χ1v) is 25.0. The molecule has 0 heterocycles. The second-order valence-electron chi connectivity index (χ2n) is 21.6. The molecule has 2 saturated carbocycles. The third kappa shape index (κ3) is 5.51. The first kappa shape index (κ1) is 39.9. The van der Waals surface area contributed by atoms with Gasteiger partial charge in [0.15, 0.2) is 0 Å². The summed E-state index contributed by atoms with van der Waals surface area (Å²) in [5.41, 5.74) is 28.1. The summed E-state index contributed by atoms with van der Waals surface area (Å²) in [6, 6.07) is 76.4. The number of fused-ring (bicyclic) bond motifs is 14. The van der Waals surface area contributed by atoms with Crippen LogP contribution in [-0.4, -0.2) is 0 Å². The molecule has 3 atom stereocenters. The van der Waals surface area contributed by atoms with Crippen LogP contribution in [-0.2, 0) is 16.2 Å². The molecule has 14 rings (SSSR count). The van der Waals surface area contributed by atoms with Crippen molar-refractivity contribution in [3.8, 4) is 66.8 Å². The van der Waals surface area contributed by atoms with Crippen molar-refractivity contribution in [1.82, 2.24) is 0 Å². The smallest absolute Gasteiger partial charge is 0.0465 e.